The fourth-order valence-electron chi connectivity index (χ4n) is 2.86. The van der Waals surface area contributed by atoms with Crippen molar-refractivity contribution in [3.63, 3.8) is 0 Å². The Labute approximate surface area is 182 Å². The first-order chi connectivity index (χ1) is 15.0. The highest BCUT2D eigenvalue weighted by molar-refractivity contribution is 5.94. The van der Waals surface area contributed by atoms with Gasteiger partial charge in [0, 0.05) is 18.2 Å². The van der Waals surface area contributed by atoms with E-state index in [2.05, 4.69) is 19.2 Å². The van der Waals surface area contributed by atoms with Gasteiger partial charge < -0.3 is 34.1 Å². The lowest BCUT2D eigenvalue weighted by Crippen LogP contribution is -2.35. The Morgan fingerprint density at radius 2 is 1.90 bits per heavy atom. The van der Waals surface area contributed by atoms with Crippen LogP contribution in [0.3, 0.4) is 0 Å². The first-order valence-corrected chi connectivity index (χ1v) is 10.3. The normalized spacial score (nSPS) is 13.1. The van der Waals surface area contributed by atoms with E-state index >= 15 is 0 Å². The van der Waals surface area contributed by atoms with E-state index < -0.39 is 6.10 Å². The molecular formula is C23H29NO7. The summed E-state index contributed by atoms with van der Waals surface area (Å²) in [5, 5.41) is 12.8. The summed E-state index contributed by atoms with van der Waals surface area (Å²) in [5.74, 6) is 3.11. The SMILES string of the molecule is COc1cc(C(=O)NCC(O)COc2ccc3c(c2)OCO3)ccc1OCCC(C)C. The van der Waals surface area contributed by atoms with Crippen molar-refractivity contribution in [3.8, 4) is 28.7 Å². The first-order valence-electron chi connectivity index (χ1n) is 10.3. The van der Waals surface area contributed by atoms with E-state index in [1.165, 1.54) is 7.11 Å². The third-order valence-corrected chi connectivity index (χ3v) is 4.66. The van der Waals surface area contributed by atoms with Crippen molar-refractivity contribution in [1.29, 1.82) is 0 Å². The minimum Gasteiger partial charge on any atom is -0.493 e. The Kier molecular flexibility index (Phi) is 7.83. The summed E-state index contributed by atoms with van der Waals surface area (Å²) in [4.78, 5) is 12.4. The maximum atomic E-state index is 12.4. The molecule has 2 N–H and O–H groups in total. The van der Waals surface area contributed by atoms with Gasteiger partial charge in [0.2, 0.25) is 6.79 Å². The van der Waals surface area contributed by atoms with Gasteiger partial charge in [0.05, 0.1) is 13.7 Å². The van der Waals surface area contributed by atoms with E-state index in [4.69, 9.17) is 23.7 Å². The Morgan fingerprint density at radius 3 is 2.68 bits per heavy atom. The van der Waals surface area contributed by atoms with Crippen LogP contribution in [0, 0.1) is 5.92 Å². The van der Waals surface area contributed by atoms with E-state index in [9.17, 15) is 9.90 Å². The predicted molar refractivity (Wildman–Crippen MR) is 114 cm³/mol. The van der Waals surface area contributed by atoms with Gasteiger partial charge >= 0.3 is 0 Å². The number of aliphatic hydroxyl groups is 1. The van der Waals surface area contributed by atoms with Gasteiger partial charge in [-0.25, -0.2) is 0 Å². The molecule has 0 radical (unpaired) electrons. The molecule has 0 aromatic heterocycles. The average molecular weight is 431 g/mol. The largest absolute Gasteiger partial charge is 0.493 e. The van der Waals surface area contributed by atoms with Gasteiger partial charge in [-0.1, -0.05) is 13.8 Å². The summed E-state index contributed by atoms with van der Waals surface area (Å²) >= 11 is 0. The number of carbonyl (C=O) groups is 1. The Hall–Kier alpha value is -3.13. The predicted octanol–water partition coefficient (Wildman–Crippen LogP) is 3.02. The zero-order valence-corrected chi connectivity index (χ0v) is 18.1. The summed E-state index contributed by atoms with van der Waals surface area (Å²) in [6, 6.07) is 10.2. The molecule has 2 aromatic carbocycles. The molecule has 2 aromatic rings. The van der Waals surface area contributed by atoms with Crippen LogP contribution in [0.1, 0.15) is 30.6 Å². The molecule has 1 atom stereocenters. The molecule has 0 fully saturated rings. The van der Waals surface area contributed by atoms with Crippen LogP contribution in [-0.4, -0.2) is 50.8 Å². The Morgan fingerprint density at radius 1 is 1.10 bits per heavy atom. The van der Waals surface area contributed by atoms with Gasteiger partial charge in [0.25, 0.3) is 5.91 Å². The number of hydrogen-bond acceptors (Lipinski definition) is 7. The fourth-order valence-corrected chi connectivity index (χ4v) is 2.86. The number of amides is 1. The van der Waals surface area contributed by atoms with E-state index in [0.717, 1.165) is 6.42 Å². The zero-order chi connectivity index (χ0) is 22.2. The van der Waals surface area contributed by atoms with Crippen molar-refractivity contribution in [3.05, 3.63) is 42.0 Å². The molecule has 0 aliphatic carbocycles. The quantitative estimate of drug-likeness (QED) is 0.565. The second-order valence-electron chi connectivity index (χ2n) is 7.59. The molecule has 1 heterocycles. The highest BCUT2D eigenvalue weighted by Gasteiger charge is 2.16. The molecular weight excluding hydrogens is 402 g/mol. The lowest BCUT2D eigenvalue weighted by atomic mass is 10.1. The molecule has 3 rings (SSSR count). The number of ether oxygens (including phenoxy) is 5. The summed E-state index contributed by atoms with van der Waals surface area (Å²) in [7, 11) is 1.53. The maximum absolute atomic E-state index is 12.4. The summed E-state index contributed by atoms with van der Waals surface area (Å²) in [6.45, 7) is 5.08. The first kappa shape index (κ1) is 22.6. The van der Waals surface area contributed by atoms with Crippen LogP contribution in [0.4, 0.5) is 0 Å². The van der Waals surface area contributed by atoms with Crippen LogP contribution in [0.25, 0.3) is 0 Å². The van der Waals surface area contributed by atoms with Crippen LogP contribution in [0.5, 0.6) is 28.7 Å². The number of aliphatic hydroxyl groups excluding tert-OH is 1. The van der Waals surface area contributed by atoms with Gasteiger partial charge in [0.1, 0.15) is 18.5 Å². The molecule has 31 heavy (non-hydrogen) atoms. The van der Waals surface area contributed by atoms with Crippen molar-refractivity contribution in [2.75, 3.05) is 33.7 Å². The van der Waals surface area contributed by atoms with Crippen molar-refractivity contribution in [2.45, 2.75) is 26.4 Å². The lowest BCUT2D eigenvalue weighted by Gasteiger charge is -2.15. The average Bonchev–Trinajstić information content (AvgIpc) is 3.23. The third-order valence-electron chi connectivity index (χ3n) is 4.66. The van der Waals surface area contributed by atoms with Crippen LogP contribution in [0.2, 0.25) is 0 Å². The third kappa shape index (κ3) is 6.42. The van der Waals surface area contributed by atoms with Crippen molar-refractivity contribution >= 4 is 5.91 Å². The van der Waals surface area contributed by atoms with E-state index in [1.807, 2.05) is 0 Å². The fraction of sp³-hybridized carbons (Fsp3) is 0.435. The van der Waals surface area contributed by atoms with E-state index in [1.54, 1.807) is 36.4 Å². The molecule has 0 spiro atoms. The number of fused-ring (bicyclic) bond motifs is 1. The standard InChI is InChI=1S/C23H29NO7/c1-15(2)8-9-28-19-6-4-16(10-21(19)27-3)23(26)24-12-17(25)13-29-18-5-7-20-22(11-18)31-14-30-20/h4-7,10-11,15,17,25H,8-9,12-14H2,1-3H3,(H,24,26). The van der Waals surface area contributed by atoms with E-state index in [0.29, 0.717) is 46.8 Å². The number of hydrogen-bond donors (Lipinski definition) is 2. The molecule has 0 saturated heterocycles. The highest BCUT2D eigenvalue weighted by atomic mass is 16.7. The molecule has 1 amide bonds. The lowest BCUT2D eigenvalue weighted by molar-refractivity contribution is 0.0843. The highest BCUT2D eigenvalue weighted by Crippen LogP contribution is 2.35. The second kappa shape index (κ2) is 10.8. The van der Waals surface area contributed by atoms with Crippen LogP contribution in [0.15, 0.2) is 36.4 Å². The molecule has 1 aliphatic rings. The molecule has 8 nitrogen and oxygen atoms in total. The summed E-state index contributed by atoms with van der Waals surface area (Å²) in [6.07, 6.45) is 0.0485. The van der Waals surface area contributed by atoms with Crippen LogP contribution < -0.4 is 29.0 Å². The van der Waals surface area contributed by atoms with Gasteiger partial charge in [-0.15, -0.1) is 0 Å². The van der Waals surface area contributed by atoms with E-state index in [-0.39, 0.29) is 25.9 Å². The number of rotatable bonds is 11. The second-order valence-corrected chi connectivity index (χ2v) is 7.59. The van der Waals surface area contributed by atoms with Gasteiger partial charge in [-0.3, -0.25) is 4.79 Å². The van der Waals surface area contributed by atoms with Crippen molar-refractivity contribution in [1.82, 2.24) is 5.32 Å². The van der Waals surface area contributed by atoms with Crippen LogP contribution >= 0.6 is 0 Å². The Bertz CT molecular complexity index is 884. The minimum absolute atomic E-state index is 0.0197. The van der Waals surface area contributed by atoms with Gasteiger partial charge in [-0.05, 0) is 42.7 Å². The number of benzene rings is 2. The molecule has 1 unspecified atom stereocenters. The summed E-state index contributed by atoms with van der Waals surface area (Å²) in [5.41, 5.74) is 0.414. The summed E-state index contributed by atoms with van der Waals surface area (Å²) < 4.78 is 27.2. The topological polar surface area (TPSA) is 95.5 Å². The Balaban J connectivity index is 1.46. The van der Waals surface area contributed by atoms with Crippen LogP contribution in [-0.2, 0) is 0 Å². The number of carbonyl (C=O) groups excluding carboxylic acids is 1. The molecule has 1 aliphatic heterocycles. The minimum atomic E-state index is -0.880. The van der Waals surface area contributed by atoms with Crippen molar-refractivity contribution in [2.24, 2.45) is 5.92 Å². The molecule has 0 bridgehead atoms. The molecule has 168 valence electrons. The number of methoxy groups -OCH3 is 1. The zero-order valence-electron chi connectivity index (χ0n) is 18.1. The van der Waals surface area contributed by atoms with Gasteiger partial charge in [0.15, 0.2) is 23.0 Å². The molecule has 0 saturated carbocycles. The number of nitrogens with one attached hydrogen (secondary N) is 1. The van der Waals surface area contributed by atoms with Crippen molar-refractivity contribution < 1.29 is 33.6 Å². The molecule has 8 heteroatoms. The van der Waals surface area contributed by atoms with Gasteiger partial charge in [-0.2, -0.15) is 0 Å². The monoisotopic (exact) mass is 431 g/mol. The smallest absolute Gasteiger partial charge is 0.251 e. The maximum Gasteiger partial charge on any atom is 0.251 e.